The average molecular weight is 445 g/mol. The third-order valence-electron chi connectivity index (χ3n) is 4.99. The van der Waals surface area contributed by atoms with Crippen molar-refractivity contribution < 1.29 is 23.9 Å². The van der Waals surface area contributed by atoms with Gasteiger partial charge < -0.3 is 14.0 Å². The number of urea groups is 1. The van der Waals surface area contributed by atoms with Crippen molar-refractivity contribution in [3.63, 3.8) is 0 Å². The molecule has 0 aliphatic carbocycles. The van der Waals surface area contributed by atoms with Gasteiger partial charge in [-0.3, -0.25) is 14.9 Å². The summed E-state index contributed by atoms with van der Waals surface area (Å²) in [6.45, 7) is 4.42. The molecule has 8 nitrogen and oxygen atoms in total. The predicted octanol–water partition coefficient (Wildman–Crippen LogP) is 3.94. The zero-order valence-corrected chi connectivity index (χ0v) is 18.3. The van der Waals surface area contributed by atoms with Crippen LogP contribution in [0.15, 0.2) is 72.4 Å². The van der Waals surface area contributed by atoms with Crippen LogP contribution in [0.3, 0.4) is 0 Å². The van der Waals surface area contributed by atoms with E-state index in [2.05, 4.69) is 5.32 Å². The third kappa shape index (κ3) is 4.36. The molecule has 1 aliphatic heterocycles. The van der Waals surface area contributed by atoms with E-state index in [4.69, 9.17) is 9.47 Å². The molecule has 8 heteroatoms. The minimum Gasteiger partial charge on any atom is -0.494 e. The molecule has 3 aromatic rings. The largest absolute Gasteiger partial charge is 0.494 e. The van der Waals surface area contributed by atoms with Gasteiger partial charge in [0.2, 0.25) is 0 Å². The molecule has 0 radical (unpaired) electrons. The Kier molecular flexibility index (Phi) is 6.26. The zero-order valence-electron chi connectivity index (χ0n) is 18.3. The number of hydrogen-bond donors (Lipinski definition) is 1. The molecule has 4 amide bonds. The van der Waals surface area contributed by atoms with Crippen LogP contribution in [-0.2, 0) is 9.59 Å². The molecule has 1 fully saturated rings. The number of benzene rings is 2. The van der Waals surface area contributed by atoms with Crippen LogP contribution in [0.25, 0.3) is 11.8 Å². The van der Waals surface area contributed by atoms with Gasteiger partial charge in [-0.05, 0) is 56.3 Å². The molecule has 0 unspecified atom stereocenters. The Balaban J connectivity index is 1.75. The highest BCUT2D eigenvalue weighted by atomic mass is 16.5. The molecular weight excluding hydrogens is 422 g/mol. The van der Waals surface area contributed by atoms with Crippen molar-refractivity contribution >= 4 is 29.6 Å². The molecular formula is C25H23N3O5. The second-order valence-corrected chi connectivity index (χ2v) is 7.09. The quantitative estimate of drug-likeness (QED) is 0.440. The number of nitrogens with one attached hydrogen (secondary N) is 1. The number of anilines is 1. The molecule has 1 aliphatic rings. The lowest BCUT2D eigenvalue weighted by Gasteiger charge is -2.28. The van der Waals surface area contributed by atoms with Crippen LogP contribution >= 0.6 is 0 Å². The summed E-state index contributed by atoms with van der Waals surface area (Å²) < 4.78 is 13.0. The highest BCUT2D eigenvalue weighted by molar-refractivity contribution is 6.39. The van der Waals surface area contributed by atoms with Crippen LogP contribution in [-0.4, -0.2) is 35.6 Å². The fraction of sp³-hybridized carbons (Fsp3) is 0.160. The van der Waals surface area contributed by atoms with Crippen LogP contribution < -0.4 is 19.7 Å². The van der Waals surface area contributed by atoms with Crippen molar-refractivity contribution in [2.75, 3.05) is 18.1 Å². The summed E-state index contributed by atoms with van der Waals surface area (Å²) in [6, 6.07) is 17.1. The van der Waals surface area contributed by atoms with Gasteiger partial charge in [-0.2, -0.15) is 0 Å². The first-order valence-corrected chi connectivity index (χ1v) is 10.6. The smallest absolute Gasteiger partial charge is 0.336 e. The first kappa shape index (κ1) is 21.9. The predicted molar refractivity (Wildman–Crippen MR) is 124 cm³/mol. The lowest BCUT2D eigenvalue weighted by atomic mass is 10.1. The van der Waals surface area contributed by atoms with Crippen LogP contribution in [0.5, 0.6) is 11.5 Å². The van der Waals surface area contributed by atoms with Gasteiger partial charge in [-0.25, -0.2) is 9.69 Å². The Morgan fingerprint density at radius 3 is 2.39 bits per heavy atom. The van der Waals surface area contributed by atoms with E-state index in [0.29, 0.717) is 30.4 Å². The van der Waals surface area contributed by atoms with E-state index in [1.807, 2.05) is 54.1 Å². The van der Waals surface area contributed by atoms with Crippen LogP contribution in [0.2, 0.25) is 0 Å². The minimum absolute atomic E-state index is 0.165. The van der Waals surface area contributed by atoms with E-state index < -0.39 is 17.8 Å². The maximum absolute atomic E-state index is 13.4. The average Bonchev–Trinajstić information content (AvgIpc) is 3.27. The number of ether oxygens (including phenoxy) is 2. The van der Waals surface area contributed by atoms with Gasteiger partial charge in [-0.1, -0.05) is 18.2 Å². The van der Waals surface area contributed by atoms with Gasteiger partial charge in [0.1, 0.15) is 17.1 Å². The summed E-state index contributed by atoms with van der Waals surface area (Å²) in [5, 5.41) is 2.25. The molecule has 0 atom stereocenters. The Hall–Kier alpha value is -4.33. The molecule has 1 saturated heterocycles. The van der Waals surface area contributed by atoms with Gasteiger partial charge in [-0.15, -0.1) is 0 Å². The normalized spacial score (nSPS) is 15.0. The van der Waals surface area contributed by atoms with Crippen molar-refractivity contribution in [3.8, 4) is 17.2 Å². The molecule has 1 N–H and O–H groups in total. The number of amides is 4. The van der Waals surface area contributed by atoms with E-state index in [1.165, 1.54) is 6.08 Å². The van der Waals surface area contributed by atoms with Crippen molar-refractivity contribution in [1.82, 2.24) is 9.88 Å². The summed E-state index contributed by atoms with van der Waals surface area (Å²) >= 11 is 0. The Morgan fingerprint density at radius 2 is 1.67 bits per heavy atom. The Bertz CT molecular complexity index is 1230. The van der Waals surface area contributed by atoms with Gasteiger partial charge in [0.25, 0.3) is 11.8 Å². The highest BCUT2D eigenvalue weighted by Gasteiger charge is 2.38. The fourth-order valence-electron chi connectivity index (χ4n) is 3.57. The summed E-state index contributed by atoms with van der Waals surface area (Å²) in [6.07, 6.45) is 3.30. The second-order valence-electron chi connectivity index (χ2n) is 7.09. The third-order valence-corrected chi connectivity index (χ3v) is 4.99. The van der Waals surface area contributed by atoms with Gasteiger partial charge in [0, 0.05) is 23.6 Å². The van der Waals surface area contributed by atoms with Crippen LogP contribution in [0.4, 0.5) is 10.5 Å². The van der Waals surface area contributed by atoms with E-state index in [0.717, 1.165) is 10.6 Å². The number of hydrogen-bond acceptors (Lipinski definition) is 5. The summed E-state index contributed by atoms with van der Waals surface area (Å²) in [4.78, 5) is 39.6. The van der Waals surface area contributed by atoms with Crippen molar-refractivity contribution in [3.05, 3.63) is 78.1 Å². The number of para-hydroxylation sites is 1. The van der Waals surface area contributed by atoms with Gasteiger partial charge >= 0.3 is 6.03 Å². The number of imide groups is 2. The van der Waals surface area contributed by atoms with Crippen molar-refractivity contribution in [2.24, 2.45) is 0 Å². The maximum atomic E-state index is 13.4. The molecule has 1 aromatic heterocycles. The first-order valence-electron chi connectivity index (χ1n) is 10.6. The number of aromatic nitrogens is 1. The molecule has 168 valence electrons. The number of carbonyl (C=O) groups excluding carboxylic acids is 3. The SMILES string of the molecule is CCOc1ccc(N2C(=O)NC(=O)/C(=C\c3cccn3-c3ccccc3)C2=O)c(OCC)c1. The van der Waals surface area contributed by atoms with E-state index in [1.54, 1.807) is 31.2 Å². The first-order chi connectivity index (χ1) is 16.0. The monoisotopic (exact) mass is 445 g/mol. The second kappa shape index (κ2) is 9.44. The number of nitrogens with zero attached hydrogens (tertiary/aromatic N) is 2. The molecule has 0 bridgehead atoms. The van der Waals surface area contributed by atoms with E-state index >= 15 is 0 Å². The molecule has 33 heavy (non-hydrogen) atoms. The van der Waals surface area contributed by atoms with Gasteiger partial charge in [0.15, 0.2) is 0 Å². The lowest BCUT2D eigenvalue weighted by molar-refractivity contribution is -0.122. The minimum atomic E-state index is -0.842. The van der Waals surface area contributed by atoms with E-state index in [9.17, 15) is 14.4 Å². The summed E-state index contributed by atoms with van der Waals surface area (Å²) in [5.41, 5.74) is 1.54. The Labute approximate surface area is 191 Å². The van der Waals surface area contributed by atoms with E-state index in [-0.39, 0.29) is 11.3 Å². The molecule has 0 saturated carbocycles. The standard InChI is InChI=1S/C25H23N3O5/c1-3-32-19-12-13-21(22(16-19)33-4-2)28-24(30)20(23(29)26-25(28)31)15-18-11-8-14-27(18)17-9-6-5-7-10-17/h5-16H,3-4H2,1-2H3,(H,26,29,31)/b20-15+. The number of rotatable bonds is 7. The number of carbonyl (C=O) groups is 3. The summed E-state index contributed by atoms with van der Waals surface area (Å²) in [5.74, 6) is -0.656. The maximum Gasteiger partial charge on any atom is 0.336 e. The molecule has 0 spiro atoms. The fourth-order valence-corrected chi connectivity index (χ4v) is 3.57. The number of barbiturate groups is 1. The van der Waals surface area contributed by atoms with Crippen LogP contribution in [0, 0.1) is 0 Å². The molecule has 2 heterocycles. The topological polar surface area (TPSA) is 89.9 Å². The summed E-state index contributed by atoms with van der Waals surface area (Å²) in [7, 11) is 0. The van der Waals surface area contributed by atoms with Crippen molar-refractivity contribution in [2.45, 2.75) is 13.8 Å². The zero-order chi connectivity index (χ0) is 23.4. The molecule has 2 aromatic carbocycles. The Morgan fingerprint density at radius 1 is 0.909 bits per heavy atom. The van der Waals surface area contributed by atoms with Crippen molar-refractivity contribution in [1.29, 1.82) is 0 Å². The van der Waals surface area contributed by atoms with Crippen LogP contribution in [0.1, 0.15) is 19.5 Å². The highest BCUT2D eigenvalue weighted by Crippen LogP contribution is 2.35. The molecule has 4 rings (SSSR count). The van der Waals surface area contributed by atoms with Gasteiger partial charge in [0.05, 0.1) is 18.9 Å². The lowest BCUT2D eigenvalue weighted by Crippen LogP contribution is -2.54.